The number of rotatable bonds is 6. The SMILES string of the molecule is O=C(CNc1ccccc1Cl)NCCc1ccc(Cl)cc1. The molecule has 21 heavy (non-hydrogen) atoms. The fourth-order valence-corrected chi connectivity index (χ4v) is 2.17. The maximum atomic E-state index is 11.7. The molecule has 0 heterocycles. The lowest BCUT2D eigenvalue weighted by molar-refractivity contribution is -0.119. The molecule has 0 radical (unpaired) electrons. The fourth-order valence-electron chi connectivity index (χ4n) is 1.84. The zero-order valence-corrected chi connectivity index (χ0v) is 12.9. The van der Waals surface area contributed by atoms with Crippen LogP contribution in [0, 0.1) is 0 Å². The Labute approximate surface area is 134 Å². The van der Waals surface area contributed by atoms with Crippen molar-refractivity contribution in [2.24, 2.45) is 0 Å². The van der Waals surface area contributed by atoms with Crippen LogP contribution in [0.1, 0.15) is 5.56 Å². The molecule has 0 aliphatic heterocycles. The van der Waals surface area contributed by atoms with Gasteiger partial charge in [-0.15, -0.1) is 0 Å². The molecule has 0 atom stereocenters. The molecule has 0 saturated heterocycles. The Hall–Kier alpha value is -1.71. The van der Waals surface area contributed by atoms with Gasteiger partial charge in [-0.3, -0.25) is 4.79 Å². The Morgan fingerprint density at radius 1 is 1.00 bits per heavy atom. The van der Waals surface area contributed by atoms with Gasteiger partial charge < -0.3 is 10.6 Å². The predicted molar refractivity (Wildman–Crippen MR) is 88.1 cm³/mol. The first kappa shape index (κ1) is 15.7. The second-order valence-corrected chi connectivity index (χ2v) is 5.40. The van der Waals surface area contributed by atoms with E-state index < -0.39 is 0 Å². The lowest BCUT2D eigenvalue weighted by Gasteiger charge is -2.09. The molecule has 0 aromatic heterocycles. The largest absolute Gasteiger partial charge is 0.375 e. The van der Waals surface area contributed by atoms with Crippen molar-refractivity contribution >= 4 is 34.8 Å². The van der Waals surface area contributed by atoms with Crippen molar-refractivity contribution < 1.29 is 4.79 Å². The van der Waals surface area contributed by atoms with Gasteiger partial charge in [-0.2, -0.15) is 0 Å². The smallest absolute Gasteiger partial charge is 0.239 e. The van der Waals surface area contributed by atoms with Crippen molar-refractivity contribution in [1.29, 1.82) is 0 Å². The summed E-state index contributed by atoms with van der Waals surface area (Å²) in [5, 5.41) is 7.18. The van der Waals surface area contributed by atoms with Crippen molar-refractivity contribution in [3.05, 3.63) is 64.1 Å². The van der Waals surface area contributed by atoms with Crippen LogP contribution in [0.2, 0.25) is 10.0 Å². The summed E-state index contributed by atoms with van der Waals surface area (Å²) in [6, 6.07) is 14.9. The second-order valence-electron chi connectivity index (χ2n) is 4.56. The van der Waals surface area contributed by atoms with E-state index in [1.807, 2.05) is 42.5 Å². The standard InChI is InChI=1S/C16H16Cl2N2O/c17-13-7-5-12(6-8-13)9-10-19-16(21)11-20-15-4-2-1-3-14(15)18/h1-8,20H,9-11H2,(H,19,21). The van der Waals surface area contributed by atoms with E-state index in [0.717, 1.165) is 17.7 Å². The first-order chi connectivity index (χ1) is 10.1. The molecule has 0 aliphatic carbocycles. The number of para-hydroxylation sites is 1. The highest BCUT2D eigenvalue weighted by atomic mass is 35.5. The van der Waals surface area contributed by atoms with Crippen LogP contribution < -0.4 is 10.6 Å². The summed E-state index contributed by atoms with van der Waals surface area (Å²) in [5.41, 5.74) is 1.89. The highest BCUT2D eigenvalue weighted by Gasteiger charge is 2.03. The molecule has 110 valence electrons. The van der Waals surface area contributed by atoms with Crippen LogP contribution >= 0.6 is 23.2 Å². The van der Waals surface area contributed by atoms with E-state index >= 15 is 0 Å². The molecule has 0 spiro atoms. The molecule has 1 amide bonds. The summed E-state index contributed by atoms with van der Waals surface area (Å²) in [6.07, 6.45) is 0.773. The van der Waals surface area contributed by atoms with Crippen LogP contribution in [0.5, 0.6) is 0 Å². The van der Waals surface area contributed by atoms with E-state index in [2.05, 4.69) is 10.6 Å². The van der Waals surface area contributed by atoms with Gasteiger partial charge in [0.05, 0.1) is 17.3 Å². The molecule has 0 aliphatic rings. The first-order valence-electron chi connectivity index (χ1n) is 6.65. The lowest BCUT2D eigenvalue weighted by atomic mass is 10.1. The van der Waals surface area contributed by atoms with Crippen LogP contribution in [0.25, 0.3) is 0 Å². The summed E-state index contributed by atoms with van der Waals surface area (Å²) >= 11 is 11.8. The Balaban J connectivity index is 1.70. The molecular weight excluding hydrogens is 307 g/mol. The van der Waals surface area contributed by atoms with E-state index in [9.17, 15) is 4.79 Å². The van der Waals surface area contributed by atoms with Gasteiger partial charge in [-0.1, -0.05) is 47.5 Å². The van der Waals surface area contributed by atoms with Gasteiger partial charge in [0.2, 0.25) is 5.91 Å². The van der Waals surface area contributed by atoms with Gasteiger partial charge in [0, 0.05) is 11.6 Å². The number of anilines is 1. The fraction of sp³-hybridized carbons (Fsp3) is 0.188. The maximum absolute atomic E-state index is 11.7. The van der Waals surface area contributed by atoms with Crippen LogP contribution in [0.4, 0.5) is 5.69 Å². The number of halogens is 2. The quantitative estimate of drug-likeness (QED) is 0.850. The molecule has 2 rings (SSSR count). The minimum Gasteiger partial charge on any atom is -0.375 e. The predicted octanol–water partition coefficient (Wildman–Crippen LogP) is 3.76. The number of benzene rings is 2. The Kier molecular flexibility index (Phi) is 5.90. The number of nitrogens with one attached hydrogen (secondary N) is 2. The number of hydrogen-bond donors (Lipinski definition) is 2. The van der Waals surface area contributed by atoms with Crippen molar-refractivity contribution in [3.8, 4) is 0 Å². The third-order valence-corrected chi connectivity index (χ3v) is 3.54. The molecule has 3 nitrogen and oxygen atoms in total. The average Bonchev–Trinajstić information content (AvgIpc) is 2.48. The van der Waals surface area contributed by atoms with Crippen molar-refractivity contribution in [2.45, 2.75) is 6.42 Å². The second kappa shape index (κ2) is 7.91. The van der Waals surface area contributed by atoms with Gasteiger partial charge in [0.25, 0.3) is 0 Å². The van der Waals surface area contributed by atoms with Crippen molar-refractivity contribution in [2.75, 3.05) is 18.4 Å². The van der Waals surface area contributed by atoms with E-state index in [0.29, 0.717) is 16.6 Å². The van der Waals surface area contributed by atoms with Crippen LogP contribution in [0.15, 0.2) is 48.5 Å². The number of carbonyl (C=O) groups is 1. The maximum Gasteiger partial charge on any atom is 0.239 e. The molecule has 0 unspecified atom stereocenters. The normalized spacial score (nSPS) is 10.2. The molecular formula is C16H16Cl2N2O. The van der Waals surface area contributed by atoms with Gasteiger partial charge in [-0.25, -0.2) is 0 Å². The molecule has 2 N–H and O–H groups in total. The van der Waals surface area contributed by atoms with E-state index in [4.69, 9.17) is 23.2 Å². The van der Waals surface area contributed by atoms with Crippen LogP contribution in [-0.4, -0.2) is 19.0 Å². The highest BCUT2D eigenvalue weighted by molar-refractivity contribution is 6.33. The Bertz CT molecular complexity index is 599. The zero-order valence-electron chi connectivity index (χ0n) is 11.4. The molecule has 0 bridgehead atoms. The average molecular weight is 323 g/mol. The molecule has 2 aromatic carbocycles. The monoisotopic (exact) mass is 322 g/mol. The molecule has 0 fully saturated rings. The van der Waals surface area contributed by atoms with Gasteiger partial charge in [0.1, 0.15) is 0 Å². The number of amides is 1. The summed E-state index contributed by atoms with van der Waals surface area (Å²) in [5.74, 6) is -0.0658. The number of hydrogen-bond acceptors (Lipinski definition) is 2. The summed E-state index contributed by atoms with van der Waals surface area (Å²) in [4.78, 5) is 11.7. The molecule has 2 aromatic rings. The minimum absolute atomic E-state index is 0.0658. The molecule has 5 heteroatoms. The third-order valence-electron chi connectivity index (χ3n) is 2.96. The summed E-state index contributed by atoms with van der Waals surface area (Å²) < 4.78 is 0. The van der Waals surface area contributed by atoms with Gasteiger partial charge in [-0.05, 0) is 36.2 Å². The number of carbonyl (C=O) groups excluding carboxylic acids is 1. The summed E-state index contributed by atoms with van der Waals surface area (Å²) in [6.45, 7) is 0.787. The zero-order chi connectivity index (χ0) is 15.1. The first-order valence-corrected chi connectivity index (χ1v) is 7.40. The van der Waals surface area contributed by atoms with E-state index in [1.54, 1.807) is 6.07 Å². The van der Waals surface area contributed by atoms with Gasteiger partial charge >= 0.3 is 0 Å². The third kappa shape index (κ3) is 5.29. The molecule has 0 saturated carbocycles. The van der Waals surface area contributed by atoms with Crippen molar-refractivity contribution in [1.82, 2.24) is 5.32 Å². The van der Waals surface area contributed by atoms with Crippen LogP contribution in [-0.2, 0) is 11.2 Å². The lowest BCUT2D eigenvalue weighted by Crippen LogP contribution is -2.31. The van der Waals surface area contributed by atoms with Crippen molar-refractivity contribution in [3.63, 3.8) is 0 Å². The highest BCUT2D eigenvalue weighted by Crippen LogP contribution is 2.19. The topological polar surface area (TPSA) is 41.1 Å². The van der Waals surface area contributed by atoms with E-state index in [-0.39, 0.29) is 12.5 Å². The Morgan fingerprint density at radius 2 is 1.71 bits per heavy atom. The van der Waals surface area contributed by atoms with Crippen LogP contribution in [0.3, 0.4) is 0 Å². The summed E-state index contributed by atoms with van der Waals surface area (Å²) in [7, 11) is 0. The van der Waals surface area contributed by atoms with Gasteiger partial charge in [0.15, 0.2) is 0 Å². The van der Waals surface area contributed by atoms with E-state index in [1.165, 1.54) is 0 Å². The Morgan fingerprint density at radius 3 is 2.43 bits per heavy atom. The minimum atomic E-state index is -0.0658.